The maximum atomic E-state index is 4.52. The molecular weight excluding hydrogens is 484 g/mol. The van der Waals surface area contributed by atoms with Gasteiger partial charge >= 0.3 is 0 Å². The molecule has 6 nitrogen and oxygen atoms in total. The average Bonchev–Trinajstić information content (AvgIpc) is 3.18. The third kappa shape index (κ3) is 5.46. The lowest BCUT2D eigenvalue weighted by Gasteiger charge is -2.28. The SMILES string of the molecule is CN1CCC(c2nc(Br)cn2C)CC1.CN1CCC(c2ncc(Br)n2C)CC1. The fourth-order valence-electron chi connectivity index (χ4n) is 4.14. The molecule has 0 aromatic carbocycles. The van der Waals surface area contributed by atoms with Crippen molar-refractivity contribution in [1.82, 2.24) is 28.9 Å². The van der Waals surface area contributed by atoms with Gasteiger partial charge in [-0.3, -0.25) is 0 Å². The molecule has 4 heterocycles. The number of nitrogens with zero attached hydrogens (tertiary/aromatic N) is 6. The van der Waals surface area contributed by atoms with Gasteiger partial charge in [-0.05, 0) is 97.8 Å². The van der Waals surface area contributed by atoms with Gasteiger partial charge in [0.15, 0.2) is 0 Å². The van der Waals surface area contributed by atoms with Gasteiger partial charge in [0.1, 0.15) is 20.9 Å². The zero-order chi connectivity index (χ0) is 20.3. The second-order valence-electron chi connectivity index (χ2n) is 8.19. The molecule has 28 heavy (non-hydrogen) atoms. The predicted molar refractivity (Wildman–Crippen MR) is 121 cm³/mol. The smallest absolute Gasteiger partial charge is 0.124 e. The van der Waals surface area contributed by atoms with Crippen molar-refractivity contribution in [2.45, 2.75) is 37.5 Å². The first-order valence-corrected chi connectivity index (χ1v) is 11.7. The first kappa shape index (κ1) is 22.0. The summed E-state index contributed by atoms with van der Waals surface area (Å²) in [5.41, 5.74) is 0. The number of hydrogen-bond acceptors (Lipinski definition) is 4. The molecule has 2 aliphatic rings. The fourth-order valence-corrected chi connectivity index (χ4v) is 4.91. The van der Waals surface area contributed by atoms with E-state index >= 15 is 0 Å². The van der Waals surface area contributed by atoms with Crippen LogP contribution in [0.4, 0.5) is 0 Å². The lowest BCUT2D eigenvalue weighted by molar-refractivity contribution is 0.249. The number of piperidine rings is 2. The molecular formula is C20H32Br2N6. The van der Waals surface area contributed by atoms with Crippen LogP contribution in [-0.2, 0) is 14.1 Å². The van der Waals surface area contributed by atoms with E-state index in [1.807, 2.05) is 12.4 Å². The van der Waals surface area contributed by atoms with Crippen LogP contribution in [0.1, 0.15) is 49.2 Å². The molecule has 0 unspecified atom stereocenters. The van der Waals surface area contributed by atoms with Gasteiger partial charge in [-0.2, -0.15) is 0 Å². The van der Waals surface area contributed by atoms with Crippen LogP contribution in [0.5, 0.6) is 0 Å². The minimum atomic E-state index is 0.641. The summed E-state index contributed by atoms with van der Waals surface area (Å²) in [7, 11) is 8.52. The normalized spacial score (nSPS) is 20.2. The molecule has 0 radical (unpaired) electrons. The monoisotopic (exact) mass is 514 g/mol. The summed E-state index contributed by atoms with van der Waals surface area (Å²) in [4.78, 5) is 13.7. The van der Waals surface area contributed by atoms with Crippen LogP contribution in [0.3, 0.4) is 0 Å². The molecule has 4 rings (SSSR count). The summed E-state index contributed by atoms with van der Waals surface area (Å²) < 4.78 is 6.32. The fraction of sp³-hybridized carbons (Fsp3) is 0.700. The zero-order valence-electron chi connectivity index (χ0n) is 17.4. The predicted octanol–water partition coefficient (Wildman–Crippen LogP) is 3.98. The molecule has 0 aliphatic carbocycles. The van der Waals surface area contributed by atoms with Gasteiger partial charge in [0.25, 0.3) is 0 Å². The number of halogens is 2. The van der Waals surface area contributed by atoms with Crippen LogP contribution in [0, 0.1) is 0 Å². The van der Waals surface area contributed by atoms with Crippen molar-refractivity contribution >= 4 is 31.9 Å². The molecule has 2 aromatic rings. The molecule has 2 aromatic heterocycles. The topological polar surface area (TPSA) is 42.1 Å². The summed E-state index contributed by atoms with van der Waals surface area (Å²) in [5, 5.41) is 0. The Bertz CT molecular complexity index is 735. The summed E-state index contributed by atoms with van der Waals surface area (Å²) in [6, 6.07) is 0. The van der Waals surface area contributed by atoms with Gasteiger partial charge in [-0.1, -0.05) is 0 Å². The second-order valence-corrected chi connectivity index (χ2v) is 9.81. The number of aryl methyl sites for hydroxylation is 1. The van der Waals surface area contributed by atoms with E-state index in [4.69, 9.17) is 0 Å². The van der Waals surface area contributed by atoms with Crippen LogP contribution < -0.4 is 0 Å². The highest BCUT2D eigenvalue weighted by atomic mass is 79.9. The van der Waals surface area contributed by atoms with Crippen molar-refractivity contribution in [3.63, 3.8) is 0 Å². The second kappa shape index (κ2) is 9.87. The minimum Gasteiger partial charge on any atom is -0.337 e. The Hall–Kier alpha value is -0.700. The first-order chi connectivity index (χ1) is 13.3. The van der Waals surface area contributed by atoms with Crippen LogP contribution in [0.25, 0.3) is 0 Å². The van der Waals surface area contributed by atoms with Crippen molar-refractivity contribution < 1.29 is 0 Å². The summed E-state index contributed by atoms with van der Waals surface area (Å²) in [5.74, 6) is 3.74. The molecule has 0 bridgehead atoms. The molecule has 0 N–H and O–H groups in total. The Kier molecular flexibility index (Phi) is 7.75. The minimum absolute atomic E-state index is 0.641. The van der Waals surface area contributed by atoms with Gasteiger partial charge < -0.3 is 18.9 Å². The Morgan fingerprint density at radius 2 is 1.32 bits per heavy atom. The largest absolute Gasteiger partial charge is 0.337 e. The molecule has 0 amide bonds. The van der Waals surface area contributed by atoms with Crippen molar-refractivity contribution in [1.29, 1.82) is 0 Å². The van der Waals surface area contributed by atoms with E-state index in [9.17, 15) is 0 Å². The molecule has 2 aliphatic heterocycles. The van der Waals surface area contributed by atoms with Gasteiger partial charge in [0.05, 0.1) is 6.20 Å². The average molecular weight is 516 g/mol. The van der Waals surface area contributed by atoms with Crippen LogP contribution in [-0.4, -0.2) is 69.2 Å². The molecule has 2 saturated heterocycles. The number of aromatic nitrogens is 4. The molecule has 2 fully saturated rings. The van der Waals surface area contributed by atoms with Crippen molar-refractivity contribution in [2.24, 2.45) is 14.1 Å². The highest BCUT2D eigenvalue weighted by Crippen LogP contribution is 2.28. The molecule has 0 atom stereocenters. The number of imidazole rings is 2. The van der Waals surface area contributed by atoms with E-state index in [-0.39, 0.29) is 0 Å². The Morgan fingerprint density at radius 3 is 1.71 bits per heavy atom. The van der Waals surface area contributed by atoms with Gasteiger partial charge in [-0.25, -0.2) is 9.97 Å². The zero-order valence-corrected chi connectivity index (χ0v) is 20.6. The van der Waals surface area contributed by atoms with Crippen molar-refractivity contribution in [3.8, 4) is 0 Å². The third-order valence-electron chi connectivity index (χ3n) is 6.02. The molecule has 156 valence electrons. The van der Waals surface area contributed by atoms with Crippen LogP contribution in [0.2, 0.25) is 0 Å². The highest BCUT2D eigenvalue weighted by molar-refractivity contribution is 9.10. The lowest BCUT2D eigenvalue weighted by Crippen LogP contribution is -2.30. The Labute approximate surface area is 185 Å². The summed E-state index contributed by atoms with van der Waals surface area (Å²) in [6.45, 7) is 4.76. The van der Waals surface area contributed by atoms with Crippen molar-refractivity contribution in [3.05, 3.63) is 33.2 Å². The summed E-state index contributed by atoms with van der Waals surface area (Å²) in [6.07, 6.45) is 8.85. The van der Waals surface area contributed by atoms with Gasteiger partial charge in [-0.15, -0.1) is 0 Å². The number of likely N-dealkylation sites (tertiary alicyclic amines) is 2. The third-order valence-corrected chi connectivity index (χ3v) is 7.14. The quantitative estimate of drug-likeness (QED) is 0.606. The van der Waals surface area contributed by atoms with E-state index in [1.165, 1.54) is 63.5 Å². The van der Waals surface area contributed by atoms with Crippen molar-refractivity contribution in [2.75, 3.05) is 40.3 Å². The Balaban J connectivity index is 0.000000161. The van der Waals surface area contributed by atoms with E-state index in [2.05, 4.69) is 89.0 Å². The van der Waals surface area contributed by atoms with Gasteiger partial charge in [0.2, 0.25) is 0 Å². The van der Waals surface area contributed by atoms with Crippen LogP contribution in [0.15, 0.2) is 21.6 Å². The Morgan fingerprint density at radius 1 is 0.821 bits per heavy atom. The number of rotatable bonds is 2. The van der Waals surface area contributed by atoms with E-state index < -0.39 is 0 Å². The maximum absolute atomic E-state index is 4.52. The highest BCUT2D eigenvalue weighted by Gasteiger charge is 2.23. The molecule has 0 spiro atoms. The van der Waals surface area contributed by atoms with E-state index in [1.54, 1.807) is 0 Å². The molecule has 0 saturated carbocycles. The summed E-state index contributed by atoms with van der Waals surface area (Å²) >= 11 is 6.90. The number of hydrogen-bond donors (Lipinski definition) is 0. The first-order valence-electron chi connectivity index (χ1n) is 10.1. The van der Waals surface area contributed by atoms with E-state index in [0.717, 1.165) is 9.21 Å². The van der Waals surface area contributed by atoms with Gasteiger partial charge in [0, 0.05) is 32.1 Å². The molecule has 8 heteroatoms. The maximum Gasteiger partial charge on any atom is 0.124 e. The van der Waals surface area contributed by atoms with Crippen LogP contribution >= 0.6 is 31.9 Å². The lowest BCUT2D eigenvalue weighted by atomic mass is 9.96. The standard InChI is InChI=1S/2C10H16BrN3/c1-13-5-3-8(4-6-13)10-12-9(11)7-14(10)2;1-13-5-3-8(4-6-13)10-12-7-9(11)14(10)2/h2*7-8H,3-6H2,1-2H3. The van der Waals surface area contributed by atoms with E-state index in [0.29, 0.717) is 11.8 Å².